The second-order valence-electron chi connectivity index (χ2n) is 24.6. The number of likely N-dealkylation sites (N-methyl/N-ethyl adjacent to an activating group) is 1. The summed E-state index contributed by atoms with van der Waals surface area (Å²) in [6.07, 6.45) is 8.75. The van der Waals surface area contributed by atoms with E-state index in [4.69, 9.17) is 32.5 Å². The maximum atomic E-state index is 15.7. The summed E-state index contributed by atoms with van der Waals surface area (Å²) in [6, 6.07) is 7.96. The number of fused-ring (bicyclic) bond motifs is 3. The van der Waals surface area contributed by atoms with Crippen LogP contribution in [0.3, 0.4) is 0 Å². The van der Waals surface area contributed by atoms with Gasteiger partial charge in [-0.25, -0.2) is 27.6 Å². The van der Waals surface area contributed by atoms with Gasteiger partial charge in [-0.15, -0.1) is 0 Å². The first-order chi connectivity index (χ1) is 46.5. The summed E-state index contributed by atoms with van der Waals surface area (Å²) in [7, 11) is 0. The first-order valence-corrected chi connectivity index (χ1v) is 32.1. The third kappa shape index (κ3) is 15.3. The number of hydrogen-bond donors (Lipinski definition) is 16. The van der Waals surface area contributed by atoms with Gasteiger partial charge in [0.1, 0.15) is 34.1 Å². The van der Waals surface area contributed by atoms with Gasteiger partial charge in [0.25, 0.3) is 0 Å². The van der Waals surface area contributed by atoms with E-state index in [9.17, 15) is 44.1 Å². The van der Waals surface area contributed by atoms with E-state index in [0.717, 1.165) is 56.7 Å². The van der Waals surface area contributed by atoms with Crippen LogP contribution >= 0.6 is 0 Å². The molecule has 34 heteroatoms. The Kier molecular flexibility index (Phi) is 19.9. The Bertz CT molecular complexity index is 4190. The molecular formula is C63H77F3N22O9. The Hall–Kier alpha value is -10.9. The number of pyridine rings is 3. The zero-order valence-corrected chi connectivity index (χ0v) is 53.1. The third-order valence-corrected chi connectivity index (χ3v) is 18.0. The minimum atomic E-state index is -1.39. The predicted molar refractivity (Wildman–Crippen MR) is 360 cm³/mol. The Morgan fingerprint density at radius 3 is 1.11 bits per heavy atom. The van der Waals surface area contributed by atoms with Crippen LogP contribution in [0.4, 0.5) is 30.2 Å². The van der Waals surface area contributed by atoms with Crippen LogP contribution in [0.15, 0.2) is 69.4 Å². The second-order valence-corrected chi connectivity index (χ2v) is 24.6. The highest BCUT2D eigenvalue weighted by Crippen LogP contribution is 2.41. The Balaban J connectivity index is 0.660. The Morgan fingerprint density at radius 2 is 0.784 bits per heavy atom. The lowest BCUT2D eigenvalue weighted by atomic mass is 10.1. The molecule has 11 rings (SSSR count). The van der Waals surface area contributed by atoms with Crippen LogP contribution in [0.1, 0.15) is 94.6 Å². The number of benzene rings is 3. The molecule has 5 fully saturated rings. The van der Waals surface area contributed by atoms with Gasteiger partial charge in [0.05, 0.1) is 33.6 Å². The number of carboxylic acids is 3. The Morgan fingerprint density at radius 1 is 0.464 bits per heavy atom. The van der Waals surface area contributed by atoms with Crippen molar-refractivity contribution in [2.45, 2.75) is 63.6 Å². The van der Waals surface area contributed by atoms with Gasteiger partial charge in [0.15, 0.2) is 35.8 Å². The van der Waals surface area contributed by atoms with Crippen molar-refractivity contribution in [2.24, 2.45) is 0 Å². The lowest BCUT2D eigenvalue weighted by Gasteiger charge is -2.37. The summed E-state index contributed by atoms with van der Waals surface area (Å²) in [6.45, 7) is 6.38. The minimum Gasteiger partial charge on any atom is -0.477 e. The average Bonchev–Trinajstić information content (AvgIpc) is 0.872. The topological polar surface area (TPSA) is 425 Å². The molecule has 0 radical (unpaired) electrons. The summed E-state index contributed by atoms with van der Waals surface area (Å²) in [5.41, 5.74) is -1.55. The number of nitrogens with zero attached hydrogens (tertiary/aromatic N) is 9. The van der Waals surface area contributed by atoms with Gasteiger partial charge in [0.2, 0.25) is 16.3 Å². The first kappa shape index (κ1) is 67.5. The smallest absolute Gasteiger partial charge is 0.341 e. The summed E-state index contributed by atoms with van der Waals surface area (Å²) >= 11 is 0. The number of hydrogen-bond acceptors (Lipinski definition) is 16. The number of aromatic nitrogens is 3. The van der Waals surface area contributed by atoms with Gasteiger partial charge in [0, 0.05) is 164 Å². The summed E-state index contributed by atoms with van der Waals surface area (Å²) in [5.74, 6) is -7.15. The molecular weight excluding hydrogens is 1270 g/mol. The lowest BCUT2D eigenvalue weighted by molar-refractivity contribution is 0.0684. The zero-order chi connectivity index (χ0) is 69.1. The number of aromatic carboxylic acids is 3. The van der Waals surface area contributed by atoms with E-state index in [1.807, 2.05) is 11.8 Å². The van der Waals surface area contributed by atoms with Crippen LogP contribution in [-0.4, -0.2) is 209 Å². The molecule has 0 amide bonds. The van der Waals surface area contributed by atoms with Gasteiger partial charge < -0.3 is 74.8 Å². The van der Waals surface area contributed by atoms with E-state index in [2.05, 4.69) is 37.2 Å². The van der Waals surface area contributed by atoms with Crippen molar-refractivity contribution in [3.05, 3.63) is 120 Å². The molecule has 0 atom stereocenters. The molecule has 0 unspecified atom stereocenters. The quantitative estimate of drug-likeness (QED) is 0.0343. The maximum absolute atomic E-state index is 15.7. The fourth-order valence-corrected chi connectivity index (χ4v) is 12.4. The second kappa shape index (κ2) is 28.6. The monoisotopic (exact) mass is 1340 g/mol. The first-order valence-electron chi connectivity index (χ1n) is 32.1. The van der Waals surface area contributed by atoms with E-state index in [0.29, 0.717) is 68.9 Å². The molecule has 0 spiro atoms. The highest BCUT2D eigenvalue weighted by Gasteiger charge is 2.33. The molecule has 3 aromatic carbocycles. The van der Waals surface area contributed by atoms with Crippen molar-refractivity contribution < 1.29 is 42.9 Å². The van der Waals surface area contributed by atoms with Crippen molar-refractivity contribution in [3.8, 4) is 0 Å². The molecule has 3 aliphatic carbocycles. The molecule has 5 aliphatic rings. The van der Waals surface area contributed by atoms with E-state index in [1.54, 1.807) is 56.4 Å². The van der Waals surface area contributed by atoms with Crippen molar-refractivity contribution in [2.75, 3.05) is 126 Å². The molecule has 0 bridgehead atoms. The number of anilines is 3. The van der Waals surface area contributed by atoms with Gasteiger partial charge in [-0.1, -0.05) is 0 Å². The number of nitrogens with one attached hydrogen (secondary N) is 13. The minimum absolute atomic E-state index is 0.00280. The molecule has 514 valence electrons. The van der Waals surface area contributed by atoms with Gasteiger partial charge in [-0.2, -0.15) is 0 Å². The normalized spacial score (nSPS) is 15.5. The van der Waals surface area contributed by atoms with E-state index < -0.39 is 68.3 Å². The molecule has 6 aromatic rings. The largest absolute Gasteiger partial charge is 0.477 e. The zero-order valence-electron chi connectivity index (χ0n) is 53.1. The van der Waals surface area contributed by atoms with Crippen molar-refractivity contribution in [1.29, 1.82) is 32.5 Å². The molecule has 31 nitrogen and oxygen atoms in total. The summed E-state index contributed by atoms with van der Waals surface area (Å²) < 4.78 is 52.3. The highest BCUT2D eigenvalue weighted by atomic mass is 19.1. The van der Waals surface area contributed by atoms with Crippen LogP contribution in [0.5, 0.6) is 0 Å². The number of guanidine groups is 6. The number of piperazine rings is 2. The number of carboxylic acid groups (broad SMARTS) is 3. The van der Waals surface area contributed by atoms with Crippen molar-refractivity contribution in [3.63, 3.8) is 0 Å². The van der Waals surface area contributed by atoms with Crippen LogP contribution in [-0.2, 0) is 0 Å². The molecule has 16 N–H and O–H groups in total. The molecule has 3 aromatic heterocycles. The molecule has 2 saturated heterocycles. The summed E-state index contributed by atoms with van der Waals surface area (Å²) in [5, 5.41) is 101. The van der Waals surface area contributed by atoms with Gasteiger partial charge in [-0.05, 0) is 81.8 Å². The lowest BCUT2D eigenvalue weighted by Crippen LogP contribution is -2.55. The van der Waals surface area contributed by atoms with Gasteiger partial charge >= 0.3 is 17.9 Å². The van der Waals surface area contributed by atoms with E-state index >= 15 is 13.2 Å². The van der Waals surface area contributed by atoms with Crippen LogP contribution in [0, 0.1) is 49.9 Å². The summed E-state index contributed by atoms with van der Waals surface area (Å²) in [4.78, 5) is 85.4. The molecule has 3 saturated carbocycles. The fraction of sp³-hybridized carbons (Fsp3) is 0.429. The molecule has 5 heterocycles. The standard InChI is InChI=1S/C63H77F3N22O9/c1-2-81(49-28-46-37(25-43(49)64)52(89)40(55(92)93)31-86(46)34-3-4-34)16-12-76-59(68)77-58(67)73-9-13-80(14-10-74-60(69)78-62(71)84-21-17-82(18-22-84)50-29-47-38(26-44(50)65)53(90)41(56(94)95)32-87(47)35-5-6-35)15-11-75-61(70)79-63(72)85-23-19-83(20-24-85)51-30-48-39(27-45(51)66)54(91)42(57(96)97)33-88(48)36-7-8-36/h25-36H,2-24H2,1H3,(H,92,93)(H,94,95)(H,96,97)(H4,69,71,74,78)(H4,70,72,75,79)(H5,67,68,73,76,77). The maximum Gasteiger partial charge on any atom is 0.341 e. The van der Waals surface area contributed by atoms with Gasteiger partial charge in [-0.3, -0.25) is 67.7 Å². The SMILES string of the molecule is CCN(CCNC(=N)NC(=N)NCCN(CCNC(=N)NC(=N)N1CCN(c2cc3c(cc2F)c(=O)c(C(=O)O)cn3C2CC2)CC1)CCNC(=N)NC(=N)N1CCN(c2cc3c(cc2F)c(=O)c(C(=O)O)cn3C2CC2)CC1)c1cc2c(cc1F)c(=O)c(C(=O)O)cn2C1CC1. The average molecular weight is 1340 g/mol. The predicted octanol–water partition coefficient (Wildman–Crippen LogP) is 2.66. The molecule has 97 heavy (non-hydrogen) atoms. The number of rotatable bonds is 22. The molecule has 2 aliphatic heterocycles. The van der Waals surface area contributed by atoms with E-state index in [-0.39, 0.29) is 146 Å². The highest BCUT2D eigenvalue weighted by molar-refractivity contribution is 5.99. The van der Waals surface area contributed by atoms with E-state index in [1.165, 1.54) is 18.6 Å². The third-order valence-electron chi connectivity index (χ3n) is 18.0. The van der Waals surface area contributed by atoms with Crippen LogP contribution in [0.2, 0.25) is 0 Å². The number of carbonyl (C=O) groups is 3. The Labute approximate surface area is 551 Å². The van der Waals surface area contributed by atoms with Crippen molar-refractivity contribution >= 4 is 103 Å². The number of halogens is 3. The van der Waals surface area contributed by atoms with Crippen LogP contribution < -0.4 is 68.2 Å². The fourth-order valence-electron chi connectivity index (χ4n) is 12.4. The van der Waals surface area contributed by atoms with Crippen LogP contribution in [0.25, 0.3) is 32.7 Å². The van der Waals surface area contributed by atoms with Crippen molar-refractivity contribution in [1.82, 2.24) is 65.6 Å².